The Bertz CT molecular complexity index is 597. The van der Waals surface area contributed by atoms with Crippen molar-refractivity contribution in [3.8, 4) is 5.75 Å². The predicted molar refractivity (Wildman–Crippen MR) is 87.2 cm³/mol. The Labute approximate surface area is 134 Å². The van der Waals surface area contributed by atoms with Gasteiger partial charge in [-0.1, -0.05) is 39.3 Å². The number of methoxy groups -OCH3 is 1. The Kier molecular flexibility index (Phi) is 5.61. The third-order valence-corrected chi connectivity index (χ3v) is 3.74. The van der Waals surface area contributed by atoms with Crippen LogP contribution in [0, 0.1) is 0 Å². The zero-order valence-electron chi connectivity index (χ0n) is 10.8. The molecular weight excluding hydrogens is 386 g/mol. The molecule has 0 aliphatic carbocycles. The zero-order chi connectivity index (χ0) is 14.4. The summed E-state index contributed by atoms with van der Waals surface area (Å²) in [5, 5.41) is 3.95. The topological polar surface area (TPSA) is 30.8 Å². The van der Waals surface area contributed by atoms with Gasteiger partial charge >= 0.3 is 0 Å². The number of rotatable bonds is 5. The smallest absolute Gasteiger partial charge is 0.142 e. The second-order valence-corrected chi connectivity index (χ2v) is 5.80. The van der Waals surface area contributed by atoms with E-state index in [-0.39, 0.29) is 0 Å². The lowest BCUT2D eigenvalue weighted by Gasteiger charge is -2.05. The molecule has 0 fully saturated rings. The SMILES string of the molecule is COc1ccc(CO/N=C\c2ccc(Br)cc2)cc1Br. The van der Waals surface area contributed by atoms with E-state index in [1.54, 1.807) is 13.3 Å². The van der Waals surface area contributed by atoms with E-state index in [9.17, 15) is 0 Å². The molecule has 2 rings (SSSR count). The molecule has 0 unspecified atom stereocenters. The second-order valence-electron chi connectivity index (χ2n) is 4.03. The molecule has 3 nitrogen and oxygen atoms in total. The highest BCUT2D eigenvalue weighted by atomic mass is 79.9. The standard InChI is InChI=1S/C15H13Br2NO2/c1-19-15-7-4-12(8-14(15)17)10-20-18-9-11-2-5-13(16)6-3-11/h2-9H,10H2,1H3/b18-9-. The summed E-state index contributed by atoms with van der Waals surface area (Å²) >= 11 is 6.82. The maximum absolute atomic E-state index is 5.28. The van der Waals surface area contributed by atoms with Gasteiger partial charge in [0.25, 0.3) is 0 Å². The minimum atomic E-state index is 0.412. The largest absolute Gasteiger partial charge is 0.496 e. The van der Waals surface area contributed by atoms with Gasteiger partial charge in [-0.05, 0) is 51.3 Å². The number of halogens is 2. The number of hydrogen-bond donors (Lipinski definition) is 0. The van der Waals surface area contributed by atoms with Crippen molar-refractivity contribution >= 4 is 38.1 Å². The highest BCUT2D eigenvalue weighted by molar-refractivity contribution is 9.10. The highest BCUT2D eigenvalue weighted by Gasteiger charge is 2.01. The molecule has 0 amide bonds. The summed E-state index contributed by atoms with van der Waals surface area (Å²) in [5.41, 5.74) is 2.01. The van der Waals surface area contributed by atoms with Crippen LogP contribution in [-0.4, -0.2) is 13.3 Å². The van der Waals surface area contributed by atoms with Crippen LogP contribution in [0.2, 0.25) is 0 Å². The van der Waals surface area contributed by atoms with Crippen LogP contribution in [0.15, 0.2) is 56.6 Å². The molecule has 0 radical (unpaired) electrons. The van der Waals surface area contributed by atoms with Crippen molar-refractivity contribution in [2.24, 2.45) is 5.16 Å². The maximum Gasteiger partial charge on any atom is 0.142 e. The van der Waals surface area contributed by atoms with Gasteiger partial charge in [0.15, 0.2) is 0 Å². The summed E-state index contributed by atoms with van der Waals surface area (Å²) in [5.74, 6) is 0.798. The normalized spacial score (nSPS) is 10.8. The van der Waals surface area contributed by atoms with Gasteiger partial charge in [0, 0.05) is 4.47 Å². The number of benzene rings is 2. The number of hydrogen-bond acceptors (Lipinski definition) is 3. The Morgan fingerprint density at radius 2 is 1.85 bits per heavy atom. The van der Waals surface area contributed by atoms with Crippen LogP contribution in [0.5, 0.6) is 5.75 Å². The quantitative estimate of drug-likeness (QED) is 0.536. The van der Waals surface area contributed by atoms with Crippen LogP contribution in [0.3, 0.4) is 0 Å². The van der Waals surface area contributed by atoms with Gasteiger partial charge in [0.05, 0.1) is 17.8 Å². The molecule has 2 aromatic carbocycles. The lowest BCUT2D eigenvalue weighted by molar-refractivity contribution is 0.132. The van der Waals surface area contributed by atoms with Crippen LogP contribution < -0.4 is 4.74 Å². The fraction of sp³-hybridized carbons (Fsp3) is 0.133. The van der Waals surface area contributed by atoms with Crippen LogP contribution in [0.25, 0.3) is 0 Å². The first-order valence-corrected chi connectivity index (χ1v) is 7.51. The van der Waals surface area contributed by atoms with Crippen molar-refractivity contribution in [2.45, 2.75) is 6.61 Å². The summed E-state index contributed by atoms with van der Waals surface area (Å²) in [6.45, 7) is 0.412. The van der Waals surface area contributed by atoms with E-state index in [4.69, 9.17) is 9.57 Å². The first-order chi connectivity index (χ1) is 9.69. The molecule has 0 saturated carbocycles. The molecule has 0 bridgehead atoms. The predicted octanol–water partition coefficient (Wildman–Crippen LogP) is 4.77. The maximum atomic E-state index is 5.28. The van der Waals surface area contributed by atoms with Gasteiger partial charge in [0.1, 0.15) is 12.4 Å². The molecule has 0 atom stereocenters. The molecule has 5 heteroatoms. The Morgan fingerprint density at radius 1 is 1.10 bits per heavy atom. The van der Waals surface area contributed by atoms with Crippen molar-refractivity contribution in [3.05, 3.63) is 62.5 Å². The summed E-state index contributed by atoms with van der Waals surface area (Å²) in [4.78, 5) is 5.28. The van der Waals surface area contributed by atoms with E-state index in [0.29, 0.717) is 6.61 Å². The minimum absolute atomic E-state index is 0.412. The van der Waals surface area contributed by atoms with Gasteiger partial charge < -0.3 is 9.57 Å². The molecule has 0 aliphatic heterocycles. The van der Waals surface area contributed by atoms with E-state index < -0.39 is 0 Å². The molecule has 0 aliphatic rings. The van der Waals surface area contributed by atoms with Crippen molar-refractivity contribution in [1.29, 1.82) is 0 Å². The molecular formula is C15H13Br2NO2. The van der Waals surface area contributed by atoms with Gasteiger partial charge in [0.2, 0.25) is 0 Å². The number of oxime groups is 1. The first kappa shape index (κ1) is 15.1. The van der Waals surface area contributed by atoms with Crippen LogP contribution >= 0.6 is 31.9 Å². The molecule has 0 spiro atoms. The molecule has 0 aromatic heterocycles. The molecule has 0 heterocycles. The van der Waals surface area contributed by atoms with Crippen LogP contribution in [0.1, 0.15) is 11.1 Å². The lowest BCUT2D eigenvalue weighted by Crippen LogP contribution is -1.90. The van der Waals surface area contributed by atoms with E-state index in [2.05, 4.69) is 37.0 Å². The first-order valence-electron chi connectivity index (χ1n) is 5.92. The summed E-state index contributed by atoms with van der Waals surface area (Å²) in [7, 11) is 1.64. The zero-order valence-corrected chi connectivity index (χ0v) is 14.0. The number of nitrogens with zero attached hydrogens (tertiary/aromatic N) is 1. The third-order valence-electron chi connectivity index (χ3n) is 2.59. The monoisotopic (exact) mass is 397 g/mol. The van der Waals surface area contributed by atoms with Gasteiger partial charge in [-0.3, -0.25) is 0 Å². The van der Waals surface area contributed by atoms with Gasteiger partial charge in [-0.25, -0.2) is 0 Å². The van der Waals surface area contributed by atoms with Gasteiger partial charge in [-0.15, -0.1) is 0 Å². The highest BCUT2D eigenvalue weighted by Crippen LogP contribution is 2.25. The van der Waals surface area contributed by atoms with Crippen LogP contribution in [-0.2, 0) is 11.4 Å². The molecule has 104 valence electrons. The minimum Gasteiger partial charge on any atom is -0.496 e. The summed E-state index contributed by atoms with van der Waals surface area (Å²) in [6, 6.07) is 13.6. The van der Waals surface area contributed by atoms with E-state index in [1.807, 2.05) is 42.5 Å². The Hall–Kier alpha value is -1.33. The lowest BCUT2D eigenvalue weighted by atomic mass is 10.2. The summed E-state index contributed by atoms with van der Waals surface area (Å²) in [6.07, 6.45) is 1.69. The van der Waals surface area contributed by atoms with E-state index in [0.717, 1.165) is 25.8 Å². The third kappa shape index (κ3) is 4.35. The van der Waals surface area contributed by atoms with Crippen molar-refractivity contribution in [3.63, 3.8) is 0 Å². The second kappa shape index (κ2) is 7.45. The fourth-order valence-electron chi connectivity index (χ4n) is 1.56. The van der Waals surface area contributed by atoms with Crippen molar-refractivity contribution in [1.82, 2.24) is 0 Å². The van der Waals surface area contributed by atoms with Crippen molar-refractivity contribution in [2.75, 3.05) is 7.11 Å². The average molecular weight is 399 g/mol. The fourth-order valence-corrected chi connectivity index (χ4v) is 2.41. The average Bonchev–Trinajstić information content (AvgIpc) is 2.46. The van der Waals surface area contributed by atoms with E-state index in [1.165, 1.54) is 0 Å². The van der Waals surface area contributed by atoms with Crippen molar-refractivity contribution < 1.29 is 9.57 Å². The molecule has 0 saturated heterocycles. The van der Waals surface area contributed by atoms with Crippen LogP contribution in [0.4, 0.5) is 0 Å². The number of ether oxygens (including phenoxy) is 1. The van der Waals surface area contributed by atoms with Gasteiger partial charge in [-0.2, -0.15) is 0 Å². The molecule has 2 aromatic rings. The Balaban J connectivity index is 1.89. The Morgan fingerprint density at radius 3 is 2.50 bits per heavy atom. The van der Waals surface area contributed by atoms with E-state index >= 15 is 0 Å². The summed E-state index contributed by atoms with van der Waals surface area (Å²) < 4.78 is 7.11. The molecule has 20 heavy (non-hydrogen) atoms. The molecule has 0 N–H and O–H groups in total.